The maximum absolute atomic E-state index is 10.4. The number of anilines is 1. The quantitative estimate of drug-likeness (QED) is 0.861. The smallest absolute Gasteiger partial charge is 0.225 e. The molecule has 0 aromatic carbocycles. The molecule has 3 heterocycles. The average molecular weight is 322 g/mol. The van der Waals surface area contributed by atoms with E-state index < -0.39 is 5.60 Å². The SMILES string of the molecule is Cc1cc(CNCC2(O)CCSC2)nc(N2CCCCC2)n1. The van der Waals surface area contributed by atoms with Crippen LogP contribution in [-0.2, 0) is 6.54 Å². The first-order valence-electron chi connectivity index (χ1n) is 8.25. The molecule has 6 heteroatoms. The first-order chi connectivity index (χ1) is 10.6. The number of hydrogen-bond donors (Lipinski definition) is 2. The first-order valence-corrected chi connectivity index (χ1v) is 9.40. The molecular formula is C16H26N4OS. The van der Waals surface area contributed by atoms with Gasteiger partial charge in [0.1, 0.15) is 0 Å². The molecule has 0 aliphatic carbocycles. The molecule has 0 amide bonds. The highest BCUT2D eigenvalue weighted by Gasteiger charge is 2.31. The van der Waals surface area contributed by atoms with Crippen molar-refractivity contribution < 1.29 is 5.11 Å². The van der Waals surface area contributed by atoms with Crippen LogP contribution in [-0.4, -0.2) is 51.8 Å². The summed E-state index contributed by atoms with van der Waals surface area (Å²) < 4.78 is 0. The summed E-state index contributed by atoms with van der Waals surface area (Å²) in [6.07, 6.45) is 4.66. The zero-order valence-electron chi connectivity index (χ0n) is 13.3. The second-order valence-electron chi connectivity index (χ2n) is 6.48. The molecule has 2 aliphatic rings. The minimum atomic E-state index is -0.539. The maximum atomic E-state index is 10.4. The van der Waals surface area contributed by atoms with Gasteiger partial charge in [0.25, 0.3) is 0 Å². The van der Waals surface area contributed by atoms with Gasteiger partial charge in [-0.3, -0.25) is 0 Å². The van der Waals surface area contributed by atoms with Gasteiger partial charge in [-0.1, -0.05) is 0 Å². The summed E-state index contributed by atoms with van der Waals surface area (Å²) in [5.74, 6) is 2.76. The molecule has 0 spiro atoms. The van der Waals surface area contributed by atoms with Gasteiger partial charge in [0.05, 0.1) is 11.3 Å². The Balaban J connectivity index is 1.59. The van der Waals surface area contributed by atoms with Gasteiger partial charge >= 0.3 is 0 Å². The van der Waals surface area contributed by atoms with Crippen molar-refractivity contribution in [3.05, 3.63) is 17.5 Å². The number of aliphatic hydroxyl groups is 1. The lowest BCUT2D eigenvalue weighted by Crippen LogP contribution is -2.40. The molecule has 1 aromatic rings. The van der Waals surface area contributed by atoms with E-state index in [1.54, 1.807) is 0 Å². The monoisotopic (exact) mass is 322 g/mol. The number of thioether (sulfide) groups is 1. The zero-order chi connectivity index (χ0) is 15.4. The summed E-state index contributed by atoms with van der Waals surface area (Å²) in [7, 11) is 0. The molecule has 3 rings (SSSR count). The molecule has 1 unspecified atom stereocenters. The largest absolute Gasteiger partial charge is 0.388 e. The normalized spacial score (nSPS) is 25.6. The van der Waals surface area contributed by atoms with Crippen LogP contribution in [0.3, 0.4) is 0 Å². The van der Waals surface area contributed by atoms with Crippen molar-refractivity contribution in [1.29, 1.82) is 0 Å². The number of nitrogens with zero attached hydrogens (tertiary/aromatic N) is 3. The minimum Gasteiger partial charge on any atom is -0.388 e. The highest BCUT2D eigenvalue weighted by molar-refractivity contribution is 7.99. The Bertz CT molecular complexity index is 499. The van der Waals surface area contributed by atoms with E-state index in [1.165, 1.54) is 19.3 Å². The van der Waals surface area contributed by atoms with Crippen LogP contribution in [0.1, 0.15) is 37.1 Å². The van der Waals surface area contributed by atoms with Crippen LogP contribution in [0.4, 0.5) is 5.95 Å². The van der Waals surface area contributed by atoms with Crippen LogP contribution in [0.25, 0.3) is 0 Å². The number of rotatable bonds is 5. The number of aromatic nitrogens is 2. The molecule has 1 aromatic heterocycles. The molecule has 122 valence electrons. The summed E-state index contributed by atoms with van der Waals surface area (Å²) in [5, 5.41) is 13.7. The lowest BCUT2D eigenvalue weighted by atomic mass is 10.0. The van der Waals surface area contributed by atoms with Crippen LogP contribution in [0, 0.1) is 6.92 Å². The number of piperidine rings is 1. The molecule has 2 N–H and O–H groups in total. The predicted molar refractivity (Wildman–Crippen MR) is 91.4 cm³/mol. The molecular weight excluding hydrogens is 296 g/mol. The average Bonchev–Trinajstić information content (AvgIpc) is 2.94. The highest BCUT2D eigenvalue weighted by atomic mass is 32.2. The maximum Gasteiger partial charge on any atom is 0.225 e. The van der Waals surface area contributed by atoms with Crippen LogP contribution in [0.15, 0.2) is 6.07 Å². The van der Waals surface area contributed by atoms with E-state index in [4.69, 9.17) is 4.98 Å². The van der Waals surface area contributed by atoms with Crippen molar-refractivity contribution in [3.8, 4) is 0 Å². The number of hydrogen-bond acceptors (Lipinski definition) is 6. The van der Waals surface area contributed by atoms with Crippen LogP contribution < -0.4 is 10.2 Å². The Kier molecular flexibility index (Phi) is 5.21. The summed E-state index contributed by atoms with van der Waals surface area (Å²) in [6, 6.07) is 2.04. The van der Waals surface area contributed by atoms with Crippen molar-refractivity contribution in [1.82, 2.24) is 15.3 Å². The summed E-state index contributed by atoms with van der Waals surface area (Å²) in [4.78, 5) is 11.6. The summed E-state index contributed by atoms with van der Waals surface area (Å²) >= 11 is 1.83. The number of nitrogens with one attached hydrogen (secondary N) is 1. The van der Waals surface area contributed by atoms with E-state index in [9.17, 15) is 5.11 Å². The van der Waals surface area contributed by atoms with Gasteiger partial charge in [-0.15, -0.1) is 0 Å². The fraction of sp³-hybridized carbons (Fsp3) is 0.750. The lowest BCUT2D eigenvalue weighted by molar-refractivity contribution is 0.0674. The third kappa shape index (κ3) is 4.12. The van der Waals surface area contributed by atoms with Gasteiger partial charge in [-0.05, 0) is 44.4 Å². The van der Waals surface area contributed by atoms with Crippen LogP contribution >= 0.6 is 11.8 Å². The molecule has 0 bridgehead atoms. The van der Waals surface area contributed by atoms with Crippen LogP contribution in [0.2, 0.25) is 0 Å². The van der Waals surface area contributed by atoms with E-state index in [2.05, 4.69) is 15.2 Å². The van der Waals surface area contributed by atoms with Gasteiger partial charge < -0.3 is 15.3 Å². The standard InChI is InChI=1S/C16H26N4OS/c1-13-9-14(10-17-11-16(21)5-8-22-12-16)19-15(18-13)20-6-3-2-4-7-20/h9,17,21H,2-8,10-12H2,1H3. The van der Waals surface area contributed by atoms with E-state index >= 15 is 0 Å². The Labute approximate surface area is 136 Å². The zero-order valence-corrected chi connectivity index (χ0v) is 14.2. The first kappa shape index (κ1) is 16.0. The number of aryl methyl sites for hydroxylation is 1. The van der Waals surface area contributed by atoms with Gasteiger partial charge in [-0.25, -0.2) is 9.97 Å². The van der Waals surface area contributed by atoms with Crippen molar-refractivity contribution in [2.75, 3.05) is 36.0 Å². The Hall–Kier alpha value is -0.850. The highest BCUT2D eigenvalue weighted by Crippen LogP contribution is 2.27. The minimum absolute atomic E-state index is 0.539. The van der Waals surface area contributed by atoms with Gasteiger partial charge in [0.15, 0.2) is 0 Å². The molecule has 2 saturated heterocycles. The molecule has 22 heavy (non-hydrogen) atoms. The Morgan fingerprint density at radius 2 is 2.14 bits per heavy atom. The van der Waals surface area contributed by atoms with Gasteiger partial charge in [0, 0.05) is 37.6 Å². The molecule has 5 nitrogen and oxygen atoms in total. The van der Waals surface area contributed by atoms with Crippen LogP contribution in [0.5, 0.6) is 0 Å². The van der Waals surface area contributed by atoms with E-state index in [1.807, 2.05) is 24.8 Å². The van der Waals surface area contributed by atoms with Gasteiger partial charge in [-0.2, -0.15) is 11.8 Å². The van der Waals surface area contributed by atoms with Crippen molar-refractivity contribution in [3.63, 3.8) is 0 Å². The fourth-order valence-electron chi connectivity index (χ4n) is 3.10. The Morgan fingerprint density at radius 3 is 2.86 bits per heavy atom. The lowest BCUT2D eigenvalue weighted by Gasteiger charge is -2.27. The topological polar surface area (TPSA) is 61.3 Å². The van der Waals surface area contributed by atoms with Crippen molar-refractivity contribution >= 4 is 17.7 Å². The summed E-state index contributed by atoms with van der Waals surface area (Å²) in [6.45, 7) is 5.49. The second kappa shape index (κ2) is 7.15. The van der Waals surface area contributed by atoms with E-state index in [-0.39, 0.29) is 0 Å². The third-order valence-corrected chi connectivity index (χ3v) is 5.61. The van der Waals surface area contributed by atoms with Crippen molar-refractivity contribution in [2.24, 2.45) is 0 Å². The van der Waals surface area contributed by atoms with Gasteiger partial charge in [0.2, 0.25) is 5.95 Å². The molecule has 2 aliphatic heterocycles. The molecule has 0 radical (unpaired) electrons. The third-order valence-electron chi connectivity index (χ3n) is 4.38. The molecule has 1 atom stereocenters. The van der Waals surface area contributed by atoms with Crippen molar-refractivity contribution in [2.45, 2.75) is 44.8 Å². The second-order valence-corrected chi connectivity index (χ2v) is 7.58. The van der Waals surface area contributed by atoms with E-state index in [0.29, 0.717) is 13.1 Å². The fourth-order valence-corrected chi connectivity index (χ4v) is 4.40. The Morgan fingerprint density at radius 1 is 1.32 bits per heavy atom. The molecule has 2 fully saturated rings. The van der Waals surface area contributed by atoms with E-state index in [0.717, 1.165) is 48.4 Å². The predicted octanol–water partition coefficient (Wildman–Crippen LogP) is 1.73. The molecule has 0 saturated carbocycles. The summed E-state index contributed by atoms with van der Waals surface area (Å²) in [5.41, 5.74) is 1.49.